The van der Waals surface area contributed by atoms with Gasteiger partial charge in [0, 0.05) is 20.2 Å². The van der Waals surface area contributed by atoms with Gasteiger partial charge in [0.05, 0.1) is 24.1 Å². The molecule has 1 saturated heterocycles. The number of benzene rings is 1. The average Bonchev–Trinajstić information content (AvgIpc) is 2.85. The molecule has 0 saturated carbocycles. The number of carbonyl (C=O) groups is 1. The Bertz CT molecular complexity index is 505. The highest BCUT2D eigenvalue weighted by Crippen LogP contribution is 2.32. The maximum atomic E-state index is 12.9. The van der Waals surface area contributed by atoms with Gasteiger partial charge in [-0.05, 0) is 11.6 Å². The van der Waals surface area contributed by atoms with E-state index in [2.05, 4.69) is 10.6 Å². The minimum absolute atomic E-state index is 0.0255. The largest absolute Gasteiger partial charge is 0.416 e. The van der Waals surface area contributed by atoms with Gasteiger partial charge in [0.2, 0.25) is 5.91 Å². The molecule has 1 aliphatic rings. The van der Waals surface area contributed by atoms with Crippen molar-refractivity contribution in [1.29, 1.82) is 0 Å². The lowest BCUT2D eigenvalue weighted by atomic mass is 10.0. The Labute approximate surface area is 120 Å². The Morgan fingerprint density at radius 3 is 2.76 bits per heavy atom. The molecule has 1 heterocycles. The van der Waals surface area contributed by atoms with Crippen molar-refractivity contribution in [2.45, 2.75) is 24.7 Å². The van der Waals surface area contributed by atoms with Crippen LogP contribution in [-0.2, 0) is 22.1 Å². The Morgan fingerprint density at radius 1 is 1.38 bits per heavy atom. The zero-order chi connectivity index (χ0) is 15.5. The molecule has 2 rings (SSSR count). The molecular weight excluding hydrogens is 285 g/mol. The monoisotopic (exact) mass is 302 g/mol. The van der Waals surface area contributed by atoms with Crippen molar-refractivity contribution in [3.05, 3.63) is 35.4 Å². The summed E-state index contributed by atoms with van der Waals surface area (Å²) in [5.41, 5.74) is -0.796. The normalized spacial score (nSPS) is 22.3. The van der Waals surface area contributed by atoms with E-state index in [-0.39, 0.29) is 24.1 Å². The number of ether oxygens (including phenoxy) is 1. The van der Waals surface area contributed by atoms with Crippen molar-refractivity contribution in [1.82, 2.24) is 10.6 Å². The summed E-state index contributed by atoms with van der Waals surface area (Å²) in [7, 11) is 1.54. The fourth-order valence-corrected chi connectivity index (χ4v) is 2.43. The first-order valence-electron chi connectivity index (χ1n) is 6.60. The second-order valence-corrected chi connectivity index (χ2v) is 4.94. The molecule has 2 atom stereocenters. The highest BCUT2D eigenvalue weighted by Gasteiger charge is 2.34. The van der Waals surface area contributed by atoms with E-state index in [1.54, 1.807) is 0 Å². The fraction of sp³-hybridized carbons (Fsp3) is 0.500. The minimum Gasteiger partial charge on any atom is -0.378 e. The van der Waals surface area contributed by atoms with Gasteiger partial charge in [-0.15, -0.1) is 0 Å². The van der Waals surface area contributed by atoms with Crippen LogP contribution in [0.4, 0.5) is 13.2 Å². The van der Waals surface area contributed by atoms with Crippen LogP contribution in [-0.4, -0.2) is 38.3 Å². The lowest BCUT2D eigenvalue weighted by molar-refractivity contribution is -0.138. The molecule has 0 spiro atoms. The molecule has 116 valence electrons. The standard InChI is InChI=1S/C14H17F3N2O2/c1-21-12-8-18-7-11(12)19-13(20)6-9-4-2-3-5-10(9)14(15,16)17/h2-5,11-12,18H,6-8H2,1H3,(H,19,20). The molecule has 0 aliphatic carbocycles. The summed E-state index contributed by atoms with van der Waals surface area (Å²) in [5.74, 6) is -0.442. The Hall–Kier alpha value is -1.60. The molecule has 0 aromatic heterocycles. The molecule has 1 amide bonds. The molecule has 1 aliphatic heterocycles. The third kappa shape index (κ3) is 3.95. The van der Waals surface area contributed by atoms with Crippen LogP contribution in [0.25, 0.3) is 0 Å². The van der Waals surface area contributed by atoms with Crippen molar-refractivity contribution in [3.63, 3.8) is 0 Å². The van der Waals surface area contributed by atoms with Gasteiger partial charge in [-0.3, -0.25) is 4.79 Å². The van der Waals surface area contributed by atoms with Gasteiger partial charge in [0.25, 0.3) is 0 Å². The smallest absolute Gasteiger partial charge is 0.378 e. The highest BCUT2D eigenvalue weighted by molar-refractivity contribution is 5.79. The van der Waals surface area contributed by atoms with Crippen molar-refractivity contribution in [2.24, 2.45) is 0 Å². The van der Waals surface area contributed by atoms with Crippen molar-refractivity contribution >= 4 is 5.91 Å². The van der Waals surface area contributed by atoms with Gasteiger partial charge < -0.3 is 15.4 Å². The molecular formula is C14H17F3N2O2. The molecule has 21 heavy (non-hydrogen) atoms. The van der Waals surface area contributed by atoms with E-state index >= 15 is 0 Å². The molecule has 1 fully saturated rings. The summed E-state index contributed by atoms with van der Waals surface area (Å²) in [5, 5.41) is 5.77. The minimum atomic E-state index is -4.46. The van der Waals surface area contributed by atoms with E-state index in [9.17, 15) is 18.0 Å². The first-order valence-corrected chi connectivity index (χ1v) is 6.60. The zero-order valence-electron chi connectivity index (χ0n) is 11.5. The third-order valence-electron chi connectivity index (χ3n) is 3.48. The van der Waals surface area contributed by atoms with Crippen molar-refractivity contribution < 1.29 is 22.7 Å². The lowest BCUT2D eigenvalue weighted by Crippen LogP contribution is -2.44. The molecule has 1 aromatic rings. The number of rotatable bonds is 4. The van der Waals surface area contributed by atoms with Crippen LogP contribution < -0.4 is 10.6 Å². The maximum absolute atomic E-state index is 12.9. The van der Waals surface area contributed by atoms with Crippen LogP contribution in [0, 0.1) is 0 Å². The van der Waals surface area contributed by atoms with Crippen LogP contribution >= 0.6 is 0 Å². The maximum Gasteiger partial charge on any atom is 0.416 e. The second-order valence-electron chi connectivity index (χ2n) is 4.94. The molecule has 1 aromatic carbocycles. The van der Waals surface area contributed by atoms with Crippen LogP contribution in [0.2, 0.25) is 0 Å². The van der Waals surface area contributed by atoms with E-state index in [1.807, 2.05) is 0 Å². The lowest BCUT2D eigenvalue weighted by Gasteiger charge is -2.19. The van der Waals surface area contributed by atoms with E-state index in [1.165, 1.54) is 25.3 Å². The Kier molecular flexibility index (Phi) is 4.84. The summed E-state index contributed by atoms with van der Waals surface area (Å²) < 4.78 is 43.8. The summed E-state index contributed by atoms with van der Waals surface area (Å²) in [6.45, 7) is 1.16. The molecule has 0 bridgehead atoms. The van der Waals surface area contributed by atoms with Gasteiger partial charge in [-0.2, -0.15) is 13.2 Å². The molecule has 4 nitrogen and oxygen atoms in total. The van der Waals surface area contributed by atoms with Gasteiger partial charge in [0.15, 0.2) is 0 Å². The number of hydrogen-bond donors (Lipinski definition) is 2. The van der Waals surface area contributed by atoms with Crippen LogP contribution in [0.15, 0.2) is 24.3 Å². The molecule has 2 N–H and O–H groups in total. The van der Waals surface area contributed by atoms with E-state index in [0.29, 0.717) is 13.1 Å². The predicted octanol–water partition coefficient (Wildman–Crippen LogP) is 1.35. The number of methoxy groups -OCH3 is 1. The first-order chi connectivity index (χ1) is 9.91. The van der Waals surface area contributed by atoms with E-state index in [4.69, 9.17) is 4.74 Å². The number of alkyl halides is 3. The van der Waals surface area contributed by atoms with Gasteiger partial charge in [-0.1, -0.05) is 18.2 Å². The quantitative estimate of drug-likeness (QED) is 0.883. The average molecular weight is 302 g/mol. The topological polar surface area (TPSA) is 50.4 Å². The highest BCUT2D eigenvalue weighted by atomic mass is 19.4. The predicted molar refractivity (Wildman–Crippen MR) is 70.7 cm³/mol. The number of hydrogen-bond acceptors (Lipinski definition) is 3. The van der Waals surface area contributed by atoms with Gasteiger partial charge in [0.1, 0.15) is 0 Å². The first kappa shape index (κ1) is 15.8. The summed E-state index contributed by atoms with van der Waals surface area (Å²) in [6.07, 6.45) is -4.92. The summed E-state index contributed by atoms with van der Waals surface area (Å²) in [6, 6.07) is 4.89. The number of amides is 1. The van der Waals surface area contributed by atoms with Crippen LogP contribution in [0.3, 0.4) is 0 Å². The second kappa shape index (κ2) is 6.44. The van der Waals surface area contributed by atoms with Crippen LogP contribution in [0.1, 0.15) is 11.1 Å². The van der Waals surface area contributed by atoms with Gasteiger partial charge in [-0.25, -0.2) is 0 Å². The molecule has 2 unspecified atom stereocenters. The van der Waals surface area contributed by atoms with Crippen LogP contribution in [0.5, 0.6) is 0 Å². The number of halogens is 3. The van der Waals surface area contributed by atoms with Crippen molar-refractivity contribution in [2.75, 3.05) is 20.2 Å². The van der Waals surface area contributed by atoms with Gasteiger partial charge >= 0.3 is 6.18 Å². The summed E-state index contributed by atoms with van der Waals surface area (Å²) in [4.78, 5) is 11.9. The SMILES string of the molecule is COC1CNCC1NC(=O)Cc1ccccc1C(F)(F)F. The molecule has 7 heteroatoms. The van der Waals surface area contributed by atoms with E-state index < -0.39 is 17.6 Å². The zero-order valence-corrected chi connectivity index (χ0v) is 11.5. The Balaban J connectivity index is 2.03. The third-order valence-corrected chi connectivity index (χ3v) is 3.48. The summed E-state index contributed by atoms with van der Waals surface area (Å²) >= 11 is 0. The molecule has 0 radical (unpaired) electrons. The van der Waals surface area contributed by atoms with Crippen molar-refractivity contribution in [3.8, 4) is 0 Å². The fourth-order valence-electron chi connectivity index (χ4n) is 2.43. The Morgan fingerprint density at radius 2 is 2.10 bits per heavy atom. The number of nitrogens with one attached hydrogen (secondary N) is 2. The number of carbonyl (C=O) groups excluding carboxylic acids is 1. The van der Waals surface area contributed by atoms with E-state index in [0.717, 1.165) is 6.07 Å².